The molecular formula is C18H20ClNO3. The molecule has 0 amide bonds. The lowest BCUT2D eigenvalue weighted by atomic mass is 9.82. The Labute approximate surface area is 140 Å². The van der Waals surface area contributed by atoms with Crippen LogP contribution in [-0.2, 0) is 23.2 Å². The van der Waals surface area contributed by atoms with Gasteiger partial charge in [-0.15, -0.1) is 0 Å². The third kappa shape index (κ3) is 2.12. The van der Waals surface area contributed by atoms with Crippen molar-refractivity contribution in [3.8, 4) is 11.5 Å². The van der Waals surface area contributed by atoms with Gasteiger partial charge in [-0.05, 0) is 26.7 Å². The molecule has 1 saturated carbocycles. The minimum absolute atomic E-state index is 0.0832. The summed E-state index contributed by atoms with van der Waals surface area (Å²) in [4.78, 5) is 15.4. The molecule has 5 heteroatoms. The van der Waals surface area contributed by atoms with Gasteiger partial charge in [0.05, 0.1) is 5.02 Å². The van der Waals surface area contributed by atoms with E-state index in [0.717, 1.165) is 66.7 Å². The summed E-state index contributed by atoms with van der Waals surface area (Å²) in [5.41, 5.74) is 2.62. The van der Waals surface area contributed by atoms with E-state index in [-0.39, 0.29) is 12.2 Å². The highest BCUT2D eigenvalue weighted by Crippen LogP contribution is 2.56. The Morgan fingerprint density at radius 2 is 1.70 bits per heavy atom. The number of hydrogen-bond acceptors (Lipinski definition) is 4. The summed E-state index contributed by atoms with van der Waals surface area (Å²) in [5, 5.41) is 0.677. The van der Waals surface area contributed by atoms with Crippen LogP contribution < -0.4 is 9.47 Å². The highest BCUT2D eigenvalue weighted by molar-refractivity contribution is 6.33. The number of hydrogen-bond donors (Lipinski definition) is 0. The van der Waals surface area contributed by atoms with Gasteiger partial charge in [-0.3, -0.25) is 0 Å². The number of ether oxygens (including phenoxy) is 2. The van der Waals surface area contributed by atoms with Gasteiger partial charge >= 0.3 is 0 Å². The second-order valence-electron chi connectivity index (χ2n) is 7.01. The van der Waals surface area contributed by atoms with E-state index < -0.39 is 5.54 Å². The number of rotatable bonds is 2. The van der Waals surface area contributed by atoms with Crippen LogP contribution in [0.4, 0.5) is 0 Å². The number of aliphatic imine (C=N–C) groups is 1. The van der Waals surface area contributed by atoms with E-state index in [1.54, 1.807) is 0 Å². The Morgan fingerprint density at radius 1 is 1.09 bits per heavy atom. The van der Waals surface area contributed by atoms with Crippen LogP contribution in [0.3, 0.4) is 0 Å². The molecule has 2 atom stereocenters. The minimum Gasteiger partial charge on any atom is -0.490 e. The lowest BCUT2D eigenvalue weighted by Crippen LogP contribution is -2.22. The molecule has 0 saturated heterocycles. The molecule has 4 rings (SSSR count). The zero-order chi connectivity index (χ0) is 16.2. The summed E-state index contributed by atoms with van der Waals surface area (Å²) in [6, 6.07) is 0. The topological polar surface area (TPSA) is 47.9 Å². The molecule has 3 aliphatic rings. The predicted molar refractivity (Wildman–Crippen MR) is 87.3 cm³/mol. The quantitative estimate of drug-likeness (QED) is 0.605. The molecule has 0 radical (unpaired) electrons. The van der Waals surface area contributed by atoms with Crippen molar-refractivity contribution in [2.75, 3.05) is 0 Å². The van der Waals surface area contributed by atoms with E-state index in [1.807, 2.05) is 19.9 Å². The van der Waals surface area contributed by atoms with Crippen LogP contribution in [0.15, 0.2) is 4.99 Å². The molecule has 0 N–H and O–H groups in total. The number of isocyanates is 1. The zero-order valence-corrected chi connectivity index (χ0v) is 14.2. The van der Waals surface area contributed by atoms with E-state index in [1.165, 1.54) is 0 Å². The van der Waals surface area contributed by atoms with Crippen molar-refractivity contribution in [1.82, 2.24) is 0 Å². The van der Waals surface area contributed by atoms with Gasteiger partial charge in [0.2, 0.25) is 6.08 Å². The molecule has 4 nitrogen and oxygen atoms in total. The standard InChI is InChI=1S/C18H20ClNO3/c1-10-7-12-14(18(20-9-21)5-3-4-6-18)16-13(8-11(2)22-16)15(19)17(12)23-10/h10-11H,3-8H2,1-2H3. The Morgan fingerprint density at radius 3 is 2.35 bits per heavy atom. The first kappa shape index (κ1) is 15.0. The van der Waals surface area contributed by atoms with Crippen molar-refractivity contribution in [3.05, 3.63) is 21.7 Å². The first-order valence-corrected chi connectivity index (χ1v) is 8.73. The van der Waals surface area contributed by atoms with Crippen molar-refractivity contribution in [2.45, 2.75) is 70.1 Å². The van der Waals surface area contributed by atoms with Crippen LogP contribution >= 0.6 is 11.6 Å². The van der Waals surface area contributed by atoms with Gasteiger partial charge in [0, 0.05) is 29.5 Å². The van der Waals surface area contributed by atoms with E-state index in [4.69, 9.17) is 21.1 Å². The summed E-state index contributed by atoms with van der Waals surface area (Å²) in [7, 11) is 0. The third-order valence-corrected chi connectivity index (χ3v) is 5.72. The Kier molecular flexibility index (Phi) is 3.44. The molecule has 1 aliphatic carbocycles. The molecule has 1 fully saturated rings. The lowest BCUT2D eigenvalue weighted by molar-refractivity contribution is 0.247. The zero-order valence-electron chi connectivity index (χ0n) is 13.4. The number of nitrogens with zero attached hydrogens (tertiary/aromatic N) is 1. The van der Waals surface area contributed by atoms with Crippen LogP contribution in [0.5, 0.6) is 11.5 Å². The number of benzene rings is 1. The van der Waals surface area contributed by atoms with Crippen LogP contribution in [0.2, 0.25) is 5.02 Å². The molecule has 2 aliphatic heterocycles. The molecule has 1 aromatic carbocycles. The fourth-order valence-corrected chi connectivity index (χ4v) is 4.74. The maximum atomic E-state index is 11.1. The van der Waals surface area contributed by atoms with E-state index in [9.17, 15) is 4.79 Å². The van der Waals surface area contributed by atoms with Gasteiger partial charge in [-0.2, -0.15) is 4.99 Å². The number of carbonyl (C=O) groups excluding carboxylic acids is 1. The summed E-state index contributed by atoms with van der Waals surface area (Å²) < 4.78 is 12.1. The van der Waals surface area contributed by atoms with Gasteiger partial charge < -0.3 is 9.47 Å². The van der Waals surface area contributed by atoms with Gasteiger partial charge in [0.15, 0.2) is 0 Å². The van der Waals surface area contributed by atoms with Crippen LogP contribution in [0.1, 0.15) is 56.2 Å². The Hall–Kier alpha value is -1.51. The molecule has 2 unspecified atom stereocenters. The molecule has 122 valence electrons. The molecule has 0 aromatic heterocycles. The fraction of sp³-hybridized carbons (Fsp3) is 0.611. The molecule has 0 spiro atoms. The highest BCUT2D eigenvalue weighted by Gasteiger charge is 2.46. The number of fused-ring (bicyclic) bond motifs is 2. The van der Waals surface area contributed by atoms with Gasteiger partial charge in [-0.25, -0.2) is 4.79 Å². The highest BCUT2D eigenvalue weighted by atomic mass is 35.5. The summed E-state index contributed by atoms with van der Waals surface area (Å²) in [6.45, 7) is 4.08. The molecule has 2 heterocycles. The molecule has 0 bridgehead atoms. The number of halogens is 1. The summed E-state index contributed by atoms with van der Waals surface area (Å²) in [6.07, 6.45) is 7.36. The van der Waals surface area contributed by atoms with Crippen molar-refractivity contribution in [1.29, 1.82) is 0 Å². The summed E-state index contributed by atoms with van der Waals surface area (Å²) in [5.74, 6) is 1.62. The van der Waals surface area contributed by atoms with Crippen LogP contribution in [0, 0.1) is 0 Å². The maximum Gasteiger partial charge on any atom is 0.235 e. The van der Waals surface area contributed by atoms with Crippen molar-refractivity contribution in [2.24, 2.45) is 4.99 Å². The van der Waals surface area contributed by atoms with Gasteiger partial charge in [0.25, 0.3) is 0 Å². The normalized spacial score (nSPS) is 26.9. The van der Waals surface area contributed by atoms with Crippen molar-refractivity contribution >= 4 is 17.7 Å². The van der Waals surface area contributed by atoms with Crippen LogP contribution in [0.25, 0.3) is 0 Å². The smallest absolute Gasteiger partial charge is 0.235 e. The first-order chi connectivity index (χ1) is 11.1. The minimum atomic E-state index is -0.516. The van der Waals surface area contributed by atoms with Gasteiger partial charge in [-0.1, -0.05) is 24.4 Å². The van der Waals surface area contributed by atoms with E-state index in [0.29, 0.717) is 5.02 Å². The van der Waals surface area contributed by atoms with E-state index >= 15 is 0 Å². The summed E-state index contributed by atoms with van der Waals surface area (Å²) >= 11 is 6.62. The predicted octanol–water partition coefficient (Wildman–Crippen LogP) is 4.09. The Bertz CT molecular complexity index is 678. The first-order valence-electron chi connectivity index (χ1n) is 8.36. The average Bonchev–Trinajstić information content (AvgIpc) is 3.19. The van der Waals surface area contributed by atoms with Crippen molar-refractivity contribution in [3.63, 3.8) is 0 Å². The SMILES string of the molecule is CC1Cc2c(c(Cl)c3c(c2C2(N=C=O)CCCC2)OC(C)C3)O1. The second-order valence-corrected chi connectivity index (χ2v) is 7.39. The van der Waals surface area contributed by atoms with Gasteiger partial charge in [0.1, 0.15) is 29.2 Å². The monoisotopic (exact) mass is 333 g/mol. The lowest BCUT2D eigenvalue weighted by Gasteiger charge is -2.28. The molecule has 23 heavy (non-hydrogen) atoms. The van der Waals surface area contributed by atoms with Crippen LogP contribution in [-0.4, -0.2) is 18.3 Å². The maximum absolute atomic E-state index is 11.1. The molecular weight excluding hydrogens is 314 g/mol. The van der Waals surface area contributed by atoms with Crippen molar-refractivity contribution < 1.29 is 14.3 Å². The molecule has 1 aromatic rings. The van der Waals surface area contributed by atoms with E-state index in [2.05, 4.69) is 4.99 Å². The fourth-order valence-electron chi connectivity index (χ4n) is 4.42. The average molecular weight is 334 g/mol. The largest absolute Gasteiger partial charge is 0.490 e. The second kappa shape index (κ2) is 5.25. The Balaban J connectivity index is 2.01. The third-order valence-electron chi connectivity index (χ3n) is 5.32.